The molecule has 148 valence electrons. The van der Waals surface area contributed by atoms with E-state index in [1.165, 1.54) is 18.2 Å². The van der Waals surface area contributed by atoms with E-state index in [1.807, 2.05) is 0 Å². The molecule has 28 heavy (non-hydrogen) atoms. The second-order valence-electron chi connectivity index (χ2n) is 6.06. The molecule has 7 nitrogen and oxygen atoms in total. The fraction of sp³-hybridized carbons (Fsp3) is 0.0588. The topological polar surface area (TPSA) is 121 Å². The molecule has 3 aromatic rings. The van der Waals surface area contributed by atoms with E-state index in [0.29, 0.717) is 15.4 Å². The number of hydrogen-bond donors (Lipinski definition) is 3. The second-order valence-corrected chi connectivity index (χ2v) is 10.4. The molecule has 0 radical (unpaired) electrons. The average Bonchev–Trinajstić information content (AvgIpc) is 2.57. The summed E-state index contributed by atoms with van der Waals surface area (Å²) in [6, 6.07) is 13.3. The molecule has 0 atom stereocenters. The third-order valence-electron chi connectivity index (χ3n) is 3.87. The van der Waals surface area contributed by atoms with Crippen LogP contribution in [0.5, 0.6) is 0 Å². The highest BCUT2D eigenvalue weighted by Crippen LogP contribution is 2.40. The van der Waals surface area contributed by atoms with E-state index in [4.69, 9.17) is 28.9 Å². The Kier molecular flexibility index (Phi) is 5.64. The first kappa shape index (κ1) is 20.9. The summed E-state index contributed by atoms with van der Waals surface area (Å²) in [7, 11) is -9.10. The van der Waals surface area contributed by atoms with Crippen molar-refractivity contribution < 1.29 is 22.8 Å². The molecule has 0 bridgehead atoms. The van der Waals surface area contributed by atoms with Crippen LogP contribution in [0, 0.1) is 0 Å². The van der Waals surface area contributed by atoms with E-state index in [1.54, 1.807) is 24.3 Å². The third kappa shape index (κ3) is 4.60. The zero-order valence-electron chi connectivity index (χ0n) is 14.2. The monoisotopic (exact) mass is 460 g/mol. The summed E-state index contributed by atoms with van der Waals surface area (Å²) in [5.74, 6) is 0. The minimum absolute atomic E-state index is 0.0798. The van der Waals surface area contributed by atoms with Crippen LogP contribution in [0.4, 0.5) is 11.4 Å². The molecule has 0 unspecified atom stereocenters. The van der Waals surface area contributed by atoms with Gasteiger partial charge in [0.1, 0.15) is 6.29 Å². The van der Waals surface area contributed by atoms with E-state index in [2.05, 4.69) is 0 Å². The average molecular weight is 461 g/mol. The van der Waals surface area contributed by atoms with Crippen LogP contribution in [0.3, 0.4) is 0 Å². The Hall–Kier alpha value is -1.80. The maximum atomic E-state index is 13.2. The molecule has 4 N–H and O–H groups in total. The Bertz CT molecular complexity index is 1190. The number of fused-ring (bicyclic) bond motifs is 1. The van der Waals surface area contributed by atoms with Crippen LogP contribution in [0.25, 0.3) is 10.8 Å². The van der Waals surface area contributed by atoms with Gasteiger partial charge in [-0.05, 0) is 53.2 Å². The van der Waals surface area contributed by atoms with Crippen molar-refractivity contribution in [3.63, 3.8) is 0 Å². The number of nitrogen functional groups attached to an aromatic ring is 1. The van der Waals surface area contributed by atoms with Gasteiger partial charge in [0.25, 0.3) is 10.0 Å². The molecule has 0 saturated carbocycles. The van der Waals surface area contributed by atoms with Crippen LogP contribution < -0.4 is 10.0 Å². The highest BCUT2D eigenvalue weighted by molar-refractivity contribution is 7.93. The van der Waals surface area contributed by atoms with Gasteiger partial charge in [0, 0.05) is 15.7 Å². The summed E-state index contributed by atoms with van der Waals surface area (Å²) in [5.41, 5.74) is 6.36. The van der Waals surface area contributed by atoms with Crippen LogP contribution in [0.15, 0.2) is 59.5 Å². The first-order valence-electron chi connectivity index (χ1n) is 7.78. The number of sulfonamides is 1. The van der Waals surface area contributed by atoms with Crippen LogP contribution in [0.1, 0.15) is 0 Å². The first-order chi connectivity index (χ1) is 13.0. The molecule has 0 aliphatic heterocycles. The maximum absolute atomic E-state index is 13.2. The number of anilines is 2. The van der Waals surface area contributed by atoms with E-state index in [0.717, 1.165) is 17.5 Å². The van der Waals surface area contributed by atoms with Gasteiger partial charge in [-0.15, -0.1) is 0 Å². The second kappa shape index (κ2) is 7.55. The minimum Gasteiger partial charge on any atom is -0.399 e. The SMILES string of the molecule is Nc1ccc2cc(N(CP(=O)(O)O)S(=O)(=O)c3cc(Cl)cc(Cl)c3)ccc2c1. The van der Waals surface area contributed by atoms with E-state index in [-0.39, 0.29) is 20.6 Å². The number of halogens is 2. The van der Waals surface area contributed by atoms with Gasteiger partial charge in [-0.3, -0.25) is 8.87 Å². The Morgan fingerprint density at radius 2 is 1.50 bits per heavy atom. The summed E-state index contributed by atoms with van der Waals surface area (Å²) in [5, 5.41) is 1.57. The zero-order valence-corrected chi connectivity index (χ0v) is 17.4. The van der Waals surface area contributed by atoms with Gasteiger partial charge in [-0.1, -0.05) is 35.3 Å². The van der Waals surface area contributed by atoms with E-state index < -0.39 is 23.9 Å². The largest absolute Gasteiger partial charge is 0.399 e. The Morgan fingerprint density at radius 3 is 2.11 bits per heavy atom. The van der Waals surface area contributed by atoms with Crippen molar-refractivity contribution in [3.05, 3.63) is 64.6 Å². The van der Waals surface area contributed by atoms with Crippen molar-refractivity contribution >= 4 is 63.0 Å². The van der Waals surface area contributed by atoms with Crippen LogP contribution in [0.2, 0.25) is 10.0 Å². The van der Waals surface area contributed by atoms with Gasteiger partial charge in [0.15, 0.2) is 0 Å². The molecule has 0 heterocycles. The molecule has 3 rings (SSSR count). The summed E-state index contributed by atoms with van der Waals surface area (Å²) in [6.07, 6.45) is -1.04. The normalized spacial score (nSPS) is 12.3. The predicted octanol–water partition coefficient (Wildman–Crippen LogP) is 4.06. The zero-order chi connectivity index (χ0) is 20.7. The van der Waals surface area contributed by atoms with Crippen molar-refractivity contribution in [3.8, 4) is 0 Å². The highest BCUT2D eigenvalue weighted by Gasteiger charge is 2.31. The quantitative estimate of drug-likeness (QED) is 0.389. The molecule has 0 fully saturated rings. The third-order valence-corrected chi connectivity index (χ3v) is 6.90. The standard InChI is InChI=1S/C17H15Cl2N2O5PS/c18-13-7-14(19)9-17(8-13)28(25,26)21(10-27(22,23)24)16-4-2-11-5-15(20)3-1-12(11)6-16/h1-9H,10,20H2,(H2,22,23,24). The van der Waals surface area contributed by atoms with Crippen LogP contribution in [-0.4, -0.2) is 24.5 Å². The summed E-state index contributed by atoms with van der Waals surface area (Å²) in [6.45, 7) is 0. The van der Waals surface area contributed by atoms with Crippen molar-refractivity contribution in [2.45, 2.75) is 4.90 Å². The van der Waals surface area contributed by atoms with Gasteiger partial charge in [0.05, 0.1) is 10.6 Å². The lowest BCUT2D eigenvalue weighted by Gasteiger charge is -2.25. The summed E-state index contributed by atoms with van der Waals surface area (Å²) >= 11 is 11.8. The van der Waals surface area contributed by atoms with Crippen molar-refractivity contribution in [2.75, 3.05) is 16.3 Å². The molecule has 0 spiro atoms. The molecular weight excluding hydrogens is 446 g/mol. The van der Waals surface area contributed by atoms with Gasteiger partial charge in [0.2, 0.25) is 0 Å². The summed E-state index contributed by atoms with van der Waals surface area (Å²) in [4.78, 5) is 18.6. The molecule has 0 aromatic heterocycles. The van der Waals surface area contributed by atoms with Gasteiger partial charge >= 0.3 is 7.60 Å². The Balaban J connectivity index is 2.18. The number of hydrogen-bond acceptors (Lipinski definition) is 4. The van der Waals surface area contributed by atoms with Gasteiger partial charge < -0.3 is 15.5 Å². The van der Waals surface area contributed by atoms with E-state index >= 15 is 0 Å². The first-order valence-corrected chi connectivity index (χ1v) is 11.8. The van der Waals surface area contributed by atoms with Crippen LogP contribution in [-0.2, 0) is 14.6 Å². The predicted molar refractivity (Wildman–Crippen MR) is 111 cm³/mol. The summed E-state index contributed by atoms with van der Waals surface area (Å²) < 4.78 is 38.6. The lowest BCUT2D eigenvalue weighted by molar-refractivity contribution is 0.373. The number of rotatable bonds is 5. The Labute approximate surface area is 171 Å². The van der Waals surface area contributed by atoms with E-state index in [9.17, 15) is 22.8 Å². The van der Waals surface area contributed by atoms with Crippen molar-refractivity contribution in [1.82, 2.24) is 0 Å². The van der Waals surface area contributed by atoms with Crippen molar-refractivity contribution in [2.24, 2.45) is 0 Å². The smallest absolute Gasteiger partial charge is 0.345 e. The maximum Gasteiger partial charge on any atom is 0.345 e. The fourth-order valence-corrected chi connectivity index (χ4v) is 6.09. The molecule has 0 saturated heterocycles. The van der Waals surface area contributed by atoms with Gasteiger partial charge in [-0.25, -0.2) is 8.42 Å². The van der Waals surface area contributed by atoms with Crippen molar-refractivity contribution in [1.29, 1.82) is 0 Å². The lowest BCUT2D eigenvalue weighted by atomic mass is 10.1. The fourth-order valence-electron chi connectivity index (χ4n) is 2.68. The molecule has 3 aromatic carbocycles. The molecule has 0 aliphatic rings. The van der Waals surface area contributed by atoms with Crippen LogP contribution >= 0.6 is 30.8 Å². The molecule has 11 heteroatoms. The molecular formula is C17H15Cl2N2O5PS. The lowest BCUT2D eigenvalue weighted by Crippen LogP contribution is -2.32. The number of nitrogens with two attached hydrogens (primary N) is 1. The molecule has 0 aliphatic carbocycles. The minimum atomic E-state index is -4.74. The Morgan fingerprint density at radius 1 is 0.929 bits per heavy atom. The molecule has 0 amide bonds. The highest BCUT2D eigenvalue weighted by atomic mass is 35.5. The number of benzene rings is 3. The van der Waals surface area contributed by atoms with Gasteiger partial charge in [-0.2, -0.15) is 0 Å². The number of nitrogens with zero attached hydrogens (tertiary/aromatic N) is 1.